The van der Waals surface area contributed by atoms with Gasteiger partial charge in [0.25, 0.3) is 5.91 Å². The molecule has 4 aromatic rings. The molecule has 5 heteroatoms. The first kappa shape index (κ1) is 17.3. The van der Waals surface area contributed by atoms with E-state index in [-0.39, 0.29) is 5.91 Å². The number of nitrogens with zero attached hydrogens (tertiary/aromatic N) is 2. The van der Waals surface area contributed by atoms with Gasteiger partial charge in [-0.1, -0.05) is 78.3 Å². The Balaban J connectivity index is 1.64. The van der Waals surface area contributed by atoms with Crippen LogP contribution < -0.4 is 5.32 Å². The van der Waals surface area contributed by atoms with Gasteiger partial charge in [-0.3, -0.25) is 4.79 Å². The summed E-state index contributed by atoms with van der Waals surface area (Å²) in [6, 6.07) is 23.6. The van der Waals surface area contributed by atoms with Crippen molar-refractivity contribution in [2.75, 3.05) is 5.32 Å². The normalized spacial score (nSPS) is 10.9. The van der Waals surface area contributed by atoms with E-state index in [1.165, 1.54) is 0 Å². The number of hydrogen-bond acceptors (Lipinski definition) is 2. The Bertz CT molecular complexity index is 1110. The highest BCUT2D eigenvalue weighted by Crippen LogP contribution is 2.26. The van der Waals surface area contributed by atoms with Crippen LogP contribution in [-0.2, 0) is 6.54 Å². The lowest BCUT2D eigenvalue weighted by Crippen LogP contribution is -2.13. The van der Waals surface area contributed by atoms with Crippen LogP contribution in [0.2, 0.25) is 5.15 Å². The van der Waals surface area contributed by atoms with Crippen molar-refractivity contribution in [1.29, 1.82) is 0 Å². The van der Waals surface area contributed by atoms with Gasteiger partial charge in [0.2, 0.25) is 0 Å². The second kappa shape index (κ2) is 7.25. The molecule has 1 aromatic heterocycles. The molecular formula is C22H18ClN3O. The molecule has 0 aliphatic carbocycles. The van der Waals surface area contributed by atoms with Crippen LogP contribution in [0.15, 0.2) is 72.8 Å². The van der Waals surface area contributed by atoms with Gasteiger partial charge in [-0.2, -0.15) is 5.10 Å². The summed E-state index contributed by atoms with van der Waals surface area (Å²) < 4.78 is 1.66. The maximum Gasteiger partial charge on any atom is 0.260 e. The minimum Gasteiger partial charge on any atom is -0.321 e. The van der Waals surface area contributed by atoms with Gasteiger partial charge < -0.3 is 5.32 Å². The number of halogens is 1. The fraction of sp³-hybridized carbons (Fsp3) is 0.0909. The van der Waals surface area contributed by atoms with Crippen LogP contribution >= 0.6 is 11.6 Å². The summed E-state index contributed by atoms with van der Waals surface area (Å²) in [6.45, 7) is 2.31. The molecule has 0 bridgehead atoms. The number of aryl methyl sites for hydroxylation is 1. The molecule has 1 amide bonds. The van der Waals surface area contributed by atoms with Gasteiger partial charge in [0.05, 0.1) is 17.8 Å². The summed E-state index contributed by atoms with van der Waals surface area (Å²) in [7, 11) is 0. The summed E-state index contributed by atoms with van der Waals surface area (Å²) in [5.74, 6) is -0.256. The van der Waals surface area contributed by atoms with Crippen LogP contribution in [0.1, 0.15) is 21.6 Å². The predicted molar refractivity (Wildman–Crippen MR) is 109 cm³/mol. The van der Waals surface area contributed by atoms with Crippen LogP contribution in [0.4, 0.5) is 5.69 Å². The first-order valence-electron chi connectivity index (χ1n) is 8.69. The van der Waals surface area contributed by atoms with E-state index in [1.807, 2.05) is 72.8 Å². The average molecular weight is 376 g/mol. The molecule has 0 atom stereocenters. The highest BCUT2D eigenvalue weighted by atomic mass is 35.5. The van der Waals surface area contributed by atoms with Gasteiger partial charge >= 0.3 is 0 Å². The second-order valence-corrected chi connectivity index (χ2v) is 6.73. The molecule has 27 heavy (non-hydrogen) atoms. The molecule has 0 fully saturated rings. The highest BCUT2D eigenvalue weighted by Gasteiger charge is 2.21. The zero-order valence-corrected chi connectivity index (χ0v) is 15.6. The van der Waals surface area contributed by atoms with Gasteiger partial charge in [-0.15, -0.1) is 0 Å². The lowest BCUT2D eigenvalue weighted by molar-refractivity contribution is 0.102. The number of hydrogen-bond donors (Lipinski definition) is 1. The summed E-state index contributed by atoms with van der Waals surface area (Å²) >= 11 is 6.50. The Kier molecular flexibility index (Phi) is 4.65. The first-order chi connectivity index (χ1) is 13.1. The molecule has 3 aromatic carbocycles. The quantitative estimate of drug-likeness (QED) is 0.526. The smallest absolute Gasteiger partial charge is 0.260 e. The number of fused-ring (bicyclic) bond motifs is 1. The lowest BCUT2D eigenvalue weighted by atomic mass is 10.1. The number of aromatic nitrogens is 2. The fourth-order valence-corrected chi connectivity index (χ4v) is 3.51. The van der Waals surface area contributed by atoms with Gasteiger partial charge in [0, 0.05) is 11.1 Å². The van der Waals surface area contributed by atoms with Crippen molar-refractivity contribution in [2.45, 2.75) is 13.5 Å². The van der Waals surface area contributed by atoms with E-state index in [0.717, 1.165) is 22.0 Å². The monoisotopic (exact) mass is 375 g/mol. The molecule has 0 aliphatic rings. The standard InChI is InChI=1S/C22H18ClN3O/c1-15-20(21(23)26(25-15)14-16-8-3-2-4-9-16)22(27)24-19-13-7-11-17-10-5-6-12-18(17)19/h2-13H,14H2,1H3,(H,24,27). The molecule has 134 valence electrons. The third-order valence-corrected chi connectivity index (χ3v) is 4.89. The van der Waals surface area contributed by atoms with E-state index in [4.69, 9.17) is 11.6 Å². The van der Waals surface area contributed by atoms with Crippen LogP contribution in [0.3, 0.4) is 0 Å². The average Bonchev–Trinajstić information content (AvgIpc) is 2.96. The number of nitrogens with one attached hydrogen (secondary N) is 1. The first-order valence-corrected chi connectivity index (χ1v) is 9.07. The molecule has 0 spiro atoms. The fourth-order valence-electron chi connectivity index (χ4n) is 3.19. The minimum absolute atomic E-state index is 0.256. The molecule has 4 rings (SSSR count). The number of carbonyl (C=O) groups excluding carboxylic acids is 1. The van der Waals surface area contributed by atoms with Gasteiger partial charge in [-0.25, -0.2) is 4.68 Å². The molecule has 0 aliphatic heterocycles. The van der Waals surface area contributed by atoms with E-state index < -0.39 is 0 Å². The summed E-state index contributed by atoms with van der Waals surface area (Å²) in [4.78, 5) is 12.9. The van der Waals surface area contributed by atoms with Crippen molar-refractivity contribution in [3.63, 3.8) is 0 Å². The summed E-state index contributed by atoms with van der Waals surface area (Å²) in [5.41, 5.74) is 2.83. The van der Waals surface area contributed by atoms with Gasteiger partial charge in [0.15, 0.2) is 0 Å². The molecule has 1 N–H and O–H groups in total. The molecule has 4 nitrogen and oxygen atoms in total. The Morgan fingerprint density at radius 2 is 1.70 bits per heavy atom. The largest absolute Gasteiger partial charge is 0.321 e. The molecule has 0 saturated carbocycles. The van der Waals surface area contributed by atoms with Gasteiger partial charge in [0.1, 0.15) is 5.15 Å². The second-order valence-electron chi connectivity index (χ2n) is 6.38. The minimum atomic E-state index is -0.256. The highest BCUT2D eigenvalue weighted by molar-refractivity contribution is 6.33. The Hall–Kier alpha value is -3.11. The van der Waals surface area contributed by atoms with E-state index in [1.54, 1.807) is 11.6 Å². The summed E-state index contributed by atoms with van der Waals surface area (Å²) in [5, 5.41) is 9.83. The van der Waals surface area contributed by atoms with E-state index >= 15 is 0 Å². The summed E-state index contributed by atoms with van der Waals surface area (Å²) in [6.07, 6.45) is 0. The molecule has 0 unspecified atom stereocenters. The predicted octanol–water partition coefficient (Wildman–Crippen LogP) is 5.30. The number of anilines is 1. The van der Waals surface area contributed by atoms with Crippen molar-refractivity contribution in [2.24, 2.45) is 0 Å². The zero-order valence-electron chi connectivity index (χ0n) is 14.8. The van der Waals surface area contributed by atoms with Crippen molar-refractivity contribution in [1.82, 2.24) is 9.78 Å². The number of carbonyl (C=O) groups is 1. The Morgan fingerprint density at radius 1 is 1.00 bits per heavy atom. The van der Waals surface area contributed by atoms with E-state index in [2.05, 4.69) is 10.4 Å². The topological polar surface area (TPSA) is 46.9 Å². The van der Waals surface area contributed by atoms with E-state index in [9.17, 15) is 4.79 Å². The number of benzene rings is 3. The number of rotatable bonds is 4. The SMILES string of the molecule is Cc1nn(Cc2ccccc2)c(Cl)c1C(=O)Nc1cccc2ccccc12. The van der Waals surface area contributed by atoms with Crippen molar-refractivity contribution < 1.29 is 4.79 Å². The van der Waals surface area contributed by atoms with Crippen LogP contribution in [0.5, 0.6) is 0 Å². The Labute approximate surface area is 162 Å². The lowest BCUT2D eigenvalue weighted by Gasteiger charge is -2.09. The third-order valence-electron chi connectivity index (χ3n) is 4.51. The maximum atomic E-state index is 12.9. The van der Waals surface area contributed by atoms with Crippen LogP contribution in [-0.4, -0.2) is 15.7 Å². The van der Waals surface area contributed by atoms with Crippen molar-refractivity contribution in [3.05, 3.63) is 94.8 Å². The van der Waals surface area contributed by atoms with E-state index in [0.29, 0.717) is 23.0 Å². The van der Waals surface area contributed by atoms with Crippen LogP contribution in [0.25, 0.3) is 10.8 Å². The molecule has 0 radical (unpaired) electrons. The zero-order chi connectivity index (χ0) is 18.8. The van der Waals surface area contributed by atoms with Crippen molar-refractivity contribution >= 4 is 34.0 Å². The third kappa shape index (κ3) is 3.44. The molecule has 1 heterocycles. The molecule has 0 saturated heterocycles. The molecular weight excluding hydrogens is 358 g/mol. The van der Waals surface area contributed by atoms with Crippen molar-refractivity contribution in [3.8, 4) is 0 Å². The Morgan fingerprint density at radius 3 is 2.52 bits per heavy atom. The maximum absolute atomic E-state index is 12.9. The van der Waals surface area contributed by atoms with Gasteiger partial charge in [-0.05, 0) is 23.9 Å². The van der Waals surface area contributed by atoms with Crippen LogP contribution in [0, 0.1) is 6.92 Å². The number of amides is 1.